The van der Waals surface area contributed by atoms with Gasteiger partial charge in [0.25, 0.3) is 0 Å². The third-order valence-electron chi connectivity index (χ3n) is 3.19. The van der Waals surface area contributed by atoms with E-state index in [9.17, 15) is 4.79 Å². The average Bonchev–Trinajstić information content (AvgIpc) is 2.89. The van der Waals surface area contributed by atoms with Crippen molar-refractivity contribution < 1.29 is 4.79 Å². The van der Waals surface area contributed by atoms with Gasteiger partial charge in [-0.25, -0.2) is 0 Å². The molecule has 1 aromatic heterocycles. The molecule has 1 aromatic rings. The molecule has 4 heteroatoms. The number of hydrogen-bond donors (Lipinski definition) is 0. The SMILES string of the molecule is [B]CN1C(=O)CCC1CCCc1cccs1. The molecule has 1 fully saturated rings. The topological polar surface area (TPSA) is 20.3 Å². The van der Waals surface area contributed by atoms with Gasteiger partial charge in [0.2, 0.25) is 5.91 Å². The maximum atomic E-state index is 11.5. The molecule has 0 saturated carbocycles. The van der Waals surface area contributed by atoms with E-state index >= 15 is 0 Å². The van der Waals surface area contributed by atoms with Gasteiger partial charge in [0, 0.05) is 17.3 Å². The first-order valence-corrected chi connectivity index (χ1v) is 6.71. The summed E-state index contributed by atoms with van der Waals surface area (Å²) in [4.78, 5) is 14.7. The second-order valence-corrected chi connectivity index (χ2v) is 5.24. The standard InChI is InChI=1S/C12H16BNOS/c13-9-14-10(6-7-12(14)15)3-1-4-11-5-2-8-16-11/h2,5,8,10H,1,3-4,6-7,9H2. The van der Waals surface area contributed by atoms with E-state index in [2.05, 4.69) is 17.5 Å². The minimum atomic E-state index is 0.226. The molecule has 1 atom stereocenters. The van der Waals surface area contributed by atoms with Crippen LogP contribution in [-0.2, 0) is 11.2 Å². The number of hydrogen-bond acceptors (Lipinski definition) is 2. The van der Waals surface area contributed by atoms with Crippen molar-refractivity contribution in [1.82, 2.24) is 4.90 Å². The lowest BCUT2D eigenvalue weighted by atomic mass is 10.0. The fourth-order valence-corrected chi connectivity index (χ4v) is 3.06. The Bertz CT molecular complexity index is 339. The molecule has 1 aliphatic heterocycles. The van der Waals surface area contributed by atoms with E-state index < -0.39 is 0 Å². The van der Waals surface area contributed by atoms with Crippen molar-refractivity contribution in [2.24, 2.45) is 0 Å². The van der Waals surface area contributed by atoms with Crippen LogP contribution in [0.15, 0.2) is 17.5 Å². The van der Waals surface area contributed by atoms with Gasteiger partial charge in [-0.15, -0.1) is 11.3 Å². The Balaban J connectivity index is 1.75. The molecule has 2 nitrogen and oxygen atoms in total. The minimum absolute atomic E-state index is 0.226. The molecule has 0 aliphatic carbocycles. The number of rotatable bonds is 5. The molecule has 1 amide bonds. The van der Waals surface area contributed by atoms with E-state index in [1.165, 1.54) is 4.88 Å². The molecule has 16 heavy (non-hydrogen) atoms. The van der Waals surface area contributed by atoms with Crippen LogP contribution in [0, 0.1) is 0 Å². The zero-order valence-corrected chi connectivity index (χ0v) is 10.2. The molecule has 0 aromatic carbocycles. The molecular weight excluding hydrogens is 217 g/mol. The molecule has 2 heterocycles. The molecule has 1 aliphatic rings. The highest BCUT2D eigenvalue weighted by Gasteiger charge is 2.28. The van der Waals surface area contributed by atoms with Gasteiger partial charge in [-0.05, 0) is 43.6 Å². The van der Waals surface area contributed by atoms with E-state index in [4.69, 9.17) is 7.85 Å². The van der Waals surface area contributed by atoms with E-state index in [-0.39, 0.29) is 5.91 Å². The van der Waals surface area contributed by atoms with Crippen LogP contribution >= 0.6 is 11.3 Å². The average molecular weight is 233 g/mol. The molecule has 0 bridgehead atoms. The summed E-state index contributed by atoms with van der Waals surface area (Å²) >= 11 is 1.81. The second kappa shape index (κ2) is 5.53. The maximum absolute atomic E-state index is 11.5. The van der Waals surface area contributed by atoms with Gasteiger partial charge in [-0.3, -0.25) is 4.79 Å². The molecular formula is C12H16BNOS. The summed E-state index contributed by atoms with van der Waals surface area (Å²) in [6, 6.07) is 4.65. The largest absolute Gasteiger partial charge is 0.349 e. The van der Waals surface area contributed by atoms with Crippen molar-refractivity contribution in [2.75, 3.05) is 6.44 Å². The van der Waals surface area contributed by atoms with Crippen molar-refractivity contribution in [3.63, 3.8) is 0 Å². The van der Waals surface area contributed by atoms with E-state index in [1.807, 2.05) is 16.2 Å². The Kier molecular flexibility index (Phi) is 4.05. The number of aryl methyl sites for hydroxylation is 1. The van der Waals surface area contributed by atoms with E-state index in [0.717, 1.165) is 25.7 Å². The monoisotopic (exact) mass is 233 g/mol. The number of thiophene rings is 1. The van der Waals surface area contributed by atoms with Gasteiger partial charge in [-0.2, -0.15) is 0 Å². The van der Waals surface area contributed by atoms with Crippen LogP contribution in [0.4, 0.5) is 0 Å². The first-order chi connectivity index (χ1) is 7.81. The fourth-order valence-electron chi connectivity index (χ4n) is 2.31. The predicted molar refractivity (Wildman–Crippen MR) is 67.7 cm³/mol. The predicted octanol–water partition coefficient (Wildman–Crippen LogP) is 2.19. The Hall–Kier alpha value is -0.765. The zero-order valence-electron chi connectivity index (χ0n) is 9.39. The Labute approximate surface area is 102 Å². The molecule has 84 valence electrons. The number of nitrogens with zero attached hydrogens (tertiary/aromatic N) is 1. The summed E-state index contributed by atoms with van der Waals surface area (Å²) in [5.41, 5.74) is 0. The van der Waals surface area contributed by atoms with Gasteiger partial charge in [-0.1, -0.05) is 6.07 Å². The summed E-state index contributed by atoms with van der Waals surface area (Å²) in [7, 11) is 5.59. The fraction of sp³-hybridized carbons (Fsp3) is 0.583. The van der Waals surface area contributed by atoms with Crippen LogP contribution in [0.5, 0.6) is 0 Å². The first-order valence-electron chi connectivity index (χ1n) is 5.83. The number of likely N-dealkylation sites (tertiary alicyclic amines) is 1. The van der Waals surface area contributed by atoms with Crippen LogP contribution < -0.4 is 0 Å². The van der Waals surface area contributed by atoms with Crippen molar-refractivity contribution in [3.05, 3.63) is 22.4 Å². The van der Waals surface area contributed by atoms with Crippen LogP contribution in [0.25, 0.3) is 0 Å². The molecule has 2 radical (unpaired) electrons. The maximum Gasteiger partial charge on any atom is 0.222 e. The van der Waals surface area contributed by atoms with Gasteiger partial charge in [0.1, 0.15) is 0 Å². The van der Waals surface area contributed by atoms with Crippen LogP contribution in [0.3, 0.4) is 0 Å². The van der Waals surface area contributed by atoms with Crippen LogP contribution in [0.1, 0.15) is 30.6 Å². The van der Waals surface area contributed by atoms with E-state index in [1.54, 1.807) is 0 Å². The smallest absolute Gasteiger partial charge is 0.222 e. The summed E-state index contributed by atoms with van der Waals surface area (Å²) in [5, 5.41) is 2.11. The lowest BCUT2D eigenvalue weighted by Crippen LogP contribution is -2.34. The molecule has 2 rings (SSSR count). The summed E-state index contributed by atoms with van der Waals surface area (Å²) in [5.74, 6) is 0.226. The van der Waals surface area contributed by atoms with Crippen molar-refractivity contribution in [1.29, 1.82) is 0 Å². The van der Waals surface area contributed by atoms with Gasteiger partial charge < -0.3 is 4.90 Å². The Morgan fingerprint density at radius 1 is 1.56 bits per heavy atom. The van der Waals surface area contributed by atoms with Crippen molar-refractivity contribution >= 4 is 25.1 Å². The quantitative estimate of drug-likeness (QED) is 0.714. The second-order valence-electron chi connectivity index (χ2n) is 4.21. The van der Waals surface area contributed by atoms with Gasteiger partial charge in [0.05, 0.1) is 7.85 Å². The molecule has 1 unspecified atom stereocenters. The highest BCUT2D eigenvalue weighted by atomic mass is 32.1. The van der Waals surface area contributed by atoms with Crippen molar-refractivity contribution in [2.45, 2.75) is 38.1 Å². The van der Waals surface area contributed by atoms with Crippen LogP contribution in [0.2, 0.25) is 0 Å². The molecule has 1 saturated heterocycles. The normalized spacial score (nSPS) is 20.6. The lowest BCUT2D eigenvalue weighted by Gasteiger charge is -2.23. The summed E-state index contributed by atoms with van der Waals surface area (Å²) in [6.45, 7) is 0. The summed E-state index contributed by atoms with van der Waals surface area (Å²) < 4.78 is 0. The number of carbonyl (C=O) groups excluding carboxylic acids is 1. The third-order valence-corrected chi connectivity index (χ3v) is 4.13. The third kappa shape index (κ3) is 2.67. The lowest BCUT2D eigenvalue weighted by molar-refractivity contribution is -0.128. The Morgan fingerprint density at radius 3 is 3.12 bits per heavy atom. The first kappa shape index (κ1) is 11.7. The highest BCUT2D eigenvalue weighted by Crippen LogP contribution is 2.23. The van der Waals surface area contributed by atoms with Gasteiger partial charge >= 0.3 is 0 Å². The van der Waals surface area contributed by atoms with E-state index in [0.29, 0.717) is 18.9 Å². The van der Waals surface area contributed by atoms with Crippen LogP contribution in [-0.4, -0.2) is 31.1 Å². The van der Waals surface area contributed by atoms with Crippen molar-refractivity contribution in [3.8, 4) is 0 Å². The Morgan fingerprint density at radius 2 is 2.44 bits per heavy atom. The summed E-state index contributed by atoms with van der Waals surface area (Å²) in [6.07, 6.45) is 5.40. The molecule has 0 N–H and O–H groups in total. The number of carbonyl (C=O) groups is 1. The highest BCUT2D eigenvalue weighted by molar-refractivity contribution is 7.09. The number of amides is 1. The minimum Gasteiger partial charge on any atom is -0.349 e. The molecule has 0 spiro atoms. The zero-order chi connectivity index (χ0) is 11.4. The van der Waals surface area contributed by atoms with Gasteiger partial charge in [0.15, 0.2) is 0 Å².